The van der Waals surface area contributed by atoms with Crippen LogP contribution in [0.2, 0.25) is 0 Å². The smallest absolute Gasteiger partial charge is 0.165 e. The van der Waals surface area contributed by atoms with Crippen LogP contribution in [-0.4, -0.2) is 20.0 Å². The fraction of sp³-hybridized carbons (Fsp3) is 0.105. The fourth-order valence-electron chi connectivity index (χ4n) is 2.76. The van der Waals surface area contributed by atoms with Gasteiger partial charge in [-0.15, -0.1) is 16.4 Å². The summed E-state index contributed by atoms with van der Waals surface area (Å²) in [5.74, 6) is -0.0251. The van der Waals surface area contributed by atoms with Crippen molar-refractivity contribution >= 4 is 17.2 Å². The number of nitrogens with zero attached hydrogens (tertiary/aromatic N) is 4. The van der Waals surface area contributed by atoms with E-state index in [1.165, 1.54) is 33.7 Å². The Bertz CT molecular complexity index is 1100. The first-order valence-corrected chi connectivity index (χ1v) is 8.91. The summed E-state index contributed by atoms with van der Waals surface area (Å²) in [6.45, 7) is 4.11. The molecule has 4 aromatic rings. The first-order valence-electron chi connectivity index (χ1n) is 8.03. The third-order valence-electron chi connectivity index (χ3n) is 4.13. The number of nitrogens with two attached hydrogens (primary N) is 1. The number of anilines is 1. The summed E-state index contributed by atoms with van der Waals surface area (Å²) in [7, 11) is 0. The molecule has 0 spiro atoms. The lowest BCUT2D eigenvalue weighted by molar-refractivity contribution is 0.625. The Morgan fingerprint density at radius 3 is 2.77 bits per heavy atom. The molecule has 2 N–H and O–H groups in total. The van der Waals surface area contributed by atoms with E-state index in [2.05, 4.69) is 47.3 Å². The molecule has 0 saturated heterocycles. The Balaban J connectivity index is 1.74. The summed E-state index contributed by atoms with van der Waals surface area (Å²) in [6, 6.07) is 12.3. The van der Waals surface area contributed by atoms with Crippen molar-refractivity contribution in [1.29, 1.82) is 0 Å². The van der Waals surface area contributed by atoms with Crippen LogP contribution in [0.5, 0.6) is 0 Å². The van der Waals surface area contributed by atoms with Crippen molar-refractivity contribution in [2.75, 3.05) is 5.73 Å². The maximum atomic E-state index is 13.5. The lowest BCUT2D eigenvalue weighted by Gasteiger charge is -2.04. The molecular weight excluding hydrogens is 349 g/mol. The summed E-state index contributed by atoms with van der Waals surface area (Å²) < 4.78 is 14.9. The highest BCUT2D eigenvalue weighted by molar-refractivity contribution is 7.13. The Hall–Kier alpha value is -3.06. The van der Waals surface area contributed by atoms with Gasteiger partial charge in [-0.3, -0.25) is 0 Å². The molecule has 130 valence electrons. The van der Waals surface area contributed by atoms with Crippen molar-refractivity contribution in [2.45, 2.75) is 13.8 Å². The zero-order valence-corrected chi connectivity index (χ0v) is 15.1. The van der Waals surface area contributed by atoms with Gasteiger partial charge in [0.2, 0.25) is 0 Å². The topological polar surface area (TPSA) is 69.6 Å². The minimum atomic E-state index is -0.356. The van der Waals surface area contributed by atoms with Crippen LogP contribution in [0.4, 0.5) is 10.2 Å². The molecule has 0 unspecified atom stereocenters. The van der Waals surface area contributed by atoms with Crippen LogP contribution in [0.1, 0.15) is 11.1 Å². The summed E-state index contributed by atoms with van der Waals surface area (Å²) >= 11 is 1.46. The van der Waals surface area contributed by atoms with E-state index in [-0.39, 0.29) is 5.82 Å². The number of benzene rings is 2. The van der Waals surface area contributed by atoms with Gasteiger partial charge in [0.05, 0.1) is 11.4 Å². The zero-order valence-electron chi connectivity index (χ0n) is 14.3. The Kier molecular flexibility index (Phi) is 4.00. The normalized spacial score (nSPS) is 11.0. The average molecular weight is 365 g/mol. The highest BCUT2D eigenvalue weighted by atomic mass is 32.1. The molecule has 0 aliphatic carbocycles. The maximum Gasteiger partial charge on any atom is 0.165 e. The second kappa shape index (κ2) is 6.34. The molecule has 2 aromatic heterocycles. The second-order valence-electron chi connectivity index (χ2n) is 6.07. The number of aromatic nitrogens is 4. The molecule has 0 bridgehead atoms. The van der Waals surface area contributed by atoms with Crippen molar-refractivity contribution in [2.24, 2.45) is 0 Å². The van der Waals surface area contributed by atoms with Gasteiger partial charge in [-0.25, -0.2) is 9.37 Å². The van der Waals surface area contributed by atoms with Crippen molar-refractivity contribution < 1.29 is 4.39 Å². The van der Waals surface area contributed by atoms with Crippen LogP contribution in [0.3, 0.4) is 0 Å². The number of nitrogen functional groups attached to an aromatic ring is 1. The molecule has 0 amide bonds. The number of halogens is 1. The molecule has 2 heterocycles. The number of rotatable bonds is 3. The van der Waals surface area contributed by atoms with Crippen LogP contribution in [0, 0.1) is 19.7 Å². The van der Waals surface area contributed by atoms with Crippen LogP contribution in [0.15, 0.2) is 47.8 Å². The molecule has 0 atom stereocenters. The minimum Gasteiger partial charge on any atom is -0.382 e. The maximum absolute atomic E-state index is 13.5. The lowest BCUT2D eigenvalue weighted by atomic mass is 10.0. The van der Waals surface area contributed by atoms with Gasteiger partial charge in [0.25, 0.3) is 0 Å². The summed E-state index contributed by atoms with van der Waals surface area (Å²) in [5, 5.41) is 10.9. The van der Waals surface area contributed by atoms with E-state index in [9.17, 15) is 4.39 Å². The molecule has 2 aromatic carbocycles. The molecular formula is C19H16FN5S. The van der Waals surface area contributed by atoms with Crippen LogP contribution >= 0.6 is 11.3 Å². The highest BCUT2D eigenvalue weighted by Gasteiger charge is 2.17. The van der Waals surface area contributed by atoms with Crippen molar-refractivity contribution in [3.63, 3.8) is 0 Å². The summed E-state index contributed by atoms with van der Waals surface area (Å²) in [4.78, 5) is 4.69. The largest absolute Gasteiger partial charge is 0.382 e. The van der Waals surface area contributed by atoms with E-state index >= 15 is 0 Å². The third-order valence-corrected chi connectivity index (χ3v) is 4.98. The molecule has 0 fully saturated rings. The molecule has 4 rings (SSSR count). The van der Waals surface area contributed by atoms with Gasteiger partial charge >= 0.3 is 0 Å². The third kappa shape index (κ3) is 2.86. The molecule has 0 saturated carbocycles. The molecule has 0 aliphatic heterocycles. The summed E-state index contributed by atoms with van der Waals surface area (Å²) in [6.07, 6.45) is 0. The Morgan fingerprint density at radius 2 is 1.96 bits per heavy atom. The Morgan fingerprint density at radius 1 is 1.12 bits per heavy atom. The average Bonchev–Trinajstić information content (AvgIpc) is 3.23. The van der Waals surface area contributed by atoms with Crippen molar-refractivity contribution in [3.8, 4) is 27.6 Å². The van der Waals surface area contributed by atoms with E-state index in [4.69, 9.17) is 5.73 Å². The van der Waals surface area contributed by atoms with Crippen molar-refractivity contribution in [1.82, 2.24) is 20.0 Å². The van der Waals surface area contributed by atoms with Gasteiger partial charge < -0.3 is 5.73 Å². The van der Waals surface area contributed by atoms with Crippen LogP contribution in [-0.2, 0) is 0 Å². The highest BCUT2D eigenvalue weighted by Crippen LogP contribution is 2.33. The molecule has 26 heavy (non-hydrogen) atoms. The summed E-state index contributed by atoms with van der Waals surface area (Å²) in [5.41, 5.74) is 11.5. The first kappa shape index (κ1) is 16.4. The van der Waals surface area contributed by atoms with Gasteiger partial charge in [0.1, 0.15) is 10.8 Å². The predicted octanol–water partition coefficient (Wildman–Crippen LogP) is 4.40. The lowest BCUT2D eigenvalue weighted by Crippen LogP contribution is -2.02. The zero-order chi connectivity index (χ0) is 18.3. The minimum absolute atomic E-state index is 0.331. The first-order chi connectivity index (χ1) is 12.5. The van der Waals surface area contributed by atoms with Gasteiger partial charge in [-0.2, -0.15) is 4.68 Å². The number of hydrogen-bond acceptors (Lipinski definition) is 5. The van der Waals surface area contributed by atoms with Crippen LogP contribution in [0.25, 0.3) is 27.6 Å². The number of aryl methyl sites for hydroxylation is 2. The van der Waals surface area contributed by atoms with Gasteiger partial charge in [-0.1, -0.05) is 29.0 Å². The van der Waals surface area contributed by atoms with E-state index in [0.29, 0.717) is 22.2 Å². The second-order valence-corrected chi connectivity index (χ2v) is 6.93. The number of hydrogen-bond donors (Lipinski definition) is 1. The van der Waals surface area contributed by atoms with E-state index < -0.39 is 0 Å². The fourth-order valence-corrected chi connectivity index (χ4v) is 3.57. The monoisotopic (exact) mass is 365 g/mol. The van der Waals surface area contributed by atoms with Gasteiger partial charge in [0.15, 0.2) is 11.5 Å². The van der Waals surface area contributed by atoms with Crippen molar-refractivity contribution in [3.05, 3.63) is 64.8 Å². The standard InChI is InChI=1S/C19H16FN5S/c1-11-6-7-12(2)15(8-11)16-10-26-19(22-16)17-18(21)25(24-23-17)14-5-3-4-13(20)9-14/h3-10H,21H2,1-2H3. The van der Waals surface area contributed by atoms with E-state index in [0.717, 1.165) is 16.8 Å². The van der Waals surface area contributed by atoms with E-state index in [1.54, 1.807) is 12.1 Å². The molecule has 5 nitrogen and oxygen atoms in total. The molecule has 7 heteroatoms. The van der Waals surface area contributed by atoms with Gasteiger partial charge in [-0.05, 0) is 43.7 Å². The van der Waals surface area contributed by atoms with E-state index in [1.807, 2.05) is 5.38 Å². The Labute approximate surface area is 153 Å². The quantitative estimate of drug-likeness (QED) is 0.584. The SMILES string of the molecule is Cc1ccc(C)c(-c2csc(-c3nnn(-c4cccc(F)c4)c3N)n2)c1. The molecule has 0 aliphatic rings. The predicted molar refractivity (Wildman–Crippen MR) is 102 cm³/mol. The number of thiazole rings is 1. The van der Waals surface area contributed by atoms with Crippen LogP contribution < -0.4 is 5.73 Å². The van der Waals surface area contributed by atoms with Gasteiger partial charge in [0, 0.05) is 10.9 Å². The molecule has 0 radical (unpaired) electrons.